The molecule has 0 saturated carbocycles. The van der Waals surface area contributed by atoms with Gasteiger partial charge in [-0.25, -0.2) is 4.79 Å². The molecule has 6 nitrogen and oxygen atoms in total. The highest BCUT2D eigenvalue weighted by Crippen LogP contribution is 2.31. The minimum Gasteiger partial charge on any atom is -0.489 e. The number of carbonyl (C=O) groups is 2. The van der Waals surface area contributed by atoms with Crippen LogP contribution in [0.3, 0.4) is 0 Å². The Morgan fingerprint density at radius 3 is 2.45 bits per heavy atom. The number of aromatic carboxylic acids is 1. The van der Waals surface area contributed by atoms with Gasteiger partial charge in [0.1, 0.15) is 11.9 Å². The van der Waals surface area contributed by atoms with Crippen molar-refractivity contribution in [1.29, 1.82) is 0 Å². The first-order valence-corrected chi connectivity index (χ1v) is 11.5. The van der Waals surface area contributed by atoms with E-state index in [1.54, 1.807) is 30.3 Å². The third-order valence-electron chi connectivity index (χ3n) is 6.45. The fourth-order valence-electron chi connectivity index (χ4n) is 4.44. The zero-order valence-electron chi connectivity index (χ0n) is 19.2. The van der Waals surface area contributed by atoms with E-state index in [-0.39, 0.29) is 36.0 Å². The molecule has 1 aliphatic rings. The summed E-state index contributed by atoms with van der Waals surface area (Å²) in [4.78, 5) is 26.8. The van der Waals surface area contributed by atoms with Crippen molar-refractivity contribution in [3.05, 3.63) is 64.7 Å². The Kier molecular flexibility index (Phi) is 9.58. The molecule has 1 saturated heterocycles. The predicted octanol–water partition coefficient (Wildman–Crippen LogP) is 5.35. The molecular formula is C25H32Cl2N2O4. The van der Waals surface area contributed by atoms with Crippen LogP contribution in [0.1, 0.15) is 62.0 Å². The zero-order valence-corrected chi connectivity index (χ0v) is 20.8. The Morgan fingerprint density at radius 2 is 1.88 bits per heavy atom. The van der Waals surface area contributed by atoms with Crippen molar-refractivity contribution >= 4 is 35.9 Å². The van der Waals surface area contributed by atoms with Crippen LogP contribution < -0.4 is 10.1 Å². The van der Waals surface area contributed by atoms with E-state index in [0.29, 0.717) is 24.4 Å². The summed E-state index contributed by atoms with van der Waals surface area (Å²) in [5.74, 6) is -0.237. The van der Waals surface area contributed by atoms with Crippen molar-refractivity contribution < 1.29 is 19.4 Å². The maximum absolute atomic E-state index is 13.5. The van der Waals surface area contributed by atoms with Gasteiger partial charge in [-0.15, -0.1) is 12.4 Å². The summed E-state index contributed by atoms with van der Waals surface area (Å²) >= 11 is 6.07. The molecule has 0 aromatic heterocycles. The number of nitrogens with zero attached hydrogens (tertiary/aromatic N) is 1. The average Bonchev–Trinajstić information content (AvgIpc) is 3.23. The van der Waals surface area contributed by atoms with E-state index in [1.165, 1.54) is 0 Å². The summed E-state index contributed by atoms with van der Waals surface area (Å²) in [5.41, 5.74) is 0.474. The van der Waals surface area contributed by atoms with E-state index in [1.807, 2.05) is 39.0 Å². The molecule has 0 radical (unpaired) electrons. The van der Waals surface area contributed by atoms with Crippen LogP contribution in [0.25, 0.3) is 0 Å². The molecular weight excluding hydrogens is 463 g/mol. The maximum Gasteiger partial charge on any atom is 0.335 e. The molecule has 1 heterocycles. The molecule has 2 aromatic carbocycles. The van der Waals surface area contributed by atoms with Crippen LogP contribution in [-0.2, 0) is 4.79 Å². The van der Waals surface area contributed by atoms with E-state index >= 15 is 0 Å². The summed E-state index contributed by atoms with van der Waals surface area (Å²) < 4.78 is 6.13. The fourth-order valence-corrected chi connectivity index (χ4v) is 4.62. The minimum absolute atomic E-state index is 0. The predicted molar refractivity (Wildman–Crippen MR) is 133 cm³/mol. The lowest BCUT2D eigenvalue weighted by molar-refractivity contribution is -0.134. The zero-order chi connectivity index (χ0) is 23.3. The van der Waals surface area contributed by atoms with E-state index in [9.17, 15) is 9.59 Å². The Morgan fingerprint density at radius 1 is 1.21 bits per heavy atom. The Balaban J connectivity index is 0.00000385. The fraction of sp³-hybridized carbons (Fsp3) is 0.440. The summed E-state index contributed by atoms with van der Waals surface area (Å²) in [6.07, 6.45) is 2.21. The highest BCUT2D eigenvalue weighted by Gasteiger charge is 2.44. The van der Waals surface area contributed by atoms with Crippen molar-refractivity contribution in [1.82, 2.24) is 10.2 Å². The number of benzene rings is 2. The number of halogens is 2. The highest BCUT2D eigenvalue weighted by atomic mass is 35.5. The third kappa shape index (κ3) is 6.19. The molecule has 3 rings (SSSR count). The number of hydrogen-bond donors (Lipinski definition) is 2. The molecule has 0 aliphatic carbocycles. The van der Waals surface area contributed by atoms with Crippen LogP contribution in [0.15, 0.2) is 48.5 Å². The number of hydrogen-bond acceptors (Lipinski definition) is 4. The molecule has 1 fully saturated rings. The van der Waals surface area contributed by atoms with Crippen LogP contribution in [-0.4, -0.2) is 46.6 Å². The molecule has 0 bridgehead atoms. The van der Waals surface area contributed by atoms with Gasteiger partial charge in [0.2, 0.25) is 5.91 Å². The van der Waals surface area contributed by atoms with E-state index in [0.717, 1.165) is 24.3 Å². The number of carboxylic acids is 1. The van der Waals surface area contributed by atoms with Crippen molar-refractivity contribution in [2.45, 2.75) is 57.7 Å². The van der Waals surface area contributed by atoms with Crippen LogP contribution in [0.2, 0.25) is 5.02 Å². The summed E-state index contributed by atoms with van der Waals surface area (Å²) in [7, 11) is 0. The molecule has 33 heavy (non-hydrogen) atoms. The SMILES string of the molecule is CCC(CC)(C(=O)N[C@@H](C)c1ccc(C(=O)O)cc1)N1CC[C@@H](Oc2cccc(Cl)c2)C1.Cl. The van der Waals surface area contributed by atoms with Crippen molar-refractivity contribution in [2.75, 3.05) is 13.1 Å². The molecule has 2 aromatic rings. The lowest BCUT2D eigenvalue weighted by Gasteiger charge is -2.40. The molecule has 0 unspecified atom stereocenters. The average molecular weight is 495 g/mol. The smallest absolute Gasteiger partial charge is 0.335 e. The van der Waals surface area contributed by atoms with Gasteiger partial charge >= 0.3 is 5.97 Å². The second-order valence-corrected chi connectivity index (χ2v) is 8.73. The van der Waals surface area contributed by atoms with Crippen molar-refractivity contribution in [3.8, 4) is 5.75 Å². The molecule has 1 aliphatic heterocycles. The van der Waals surface area contributed by atoms with Gasteiger partial charge in [-0.05, 0) is 62.1 Å². The molecule has 2 N–H and O–H groups in total. The number of rotatable bonds is 9. The van der Waals surface area contributed by atoms with Crippen LogP contribution in [0.4, 0.5) is 0 Å². The van der Waals surface area contributed by atoms with Gasteiger partial charge in [-0.2, -0.15) is 0 Å². The van der Waals surface area contributed by atoms with Crippen LogP contribution >= 0.6 is 24.0 Å². The van der Waals surface area contributed by atoms with Gasteiger partial charge in [-0.1, -0.05) is 43.6 Å². The first-order chi connectivity index (χ1) is 15.3. The van der Waals surface area contributed by atoms with Gasteiger partial charge < -0.3 is 15.2 Å². The number of carbonyl (C=O) groups excluding carboxylic acids is 1. The van der Waals surface area contributed by atoms with Crippen LogP contribution in [0, 0.1) is 0 Å². The Labute approximate surface area is 206 Å². The van der Waals surface area contributed by atoms with E-state index in [4.69, 9.17) is 21.4 Å². The quantitative estimate of drug-likeness (QED) is 0.491. The minimum atomic E-state index is -0.965. The van der Waals surface area contributed by atoms with Gasteiger partial charge in [0.15, 0.2) is 0 Å². The Hall–Kier alpha value is -2.28. The molecule has 0 spiro atoms. The number of likely N-dealkylation sites (tertiary alicyclic amines) is 1. The maximum atomic E-state index is 13.5. The number of ether oxygens (including phenoxy) is 1. The van der Waals surface area contributed by atoms with E-state index in [2.05, 4.69) is 10.2 Å². The van der Waals surface area contributed by atoms with E-state index < -0.39 is 11.5 Å². The van der Waals surface area contributed by atoms with Gasteiger partial charge in [0.05, 0.1) is 17.1 Å². The first-order valence-electron chi connectivity index (χ1n) is 11.1. The van der Waals surface area contributed by atoms with Crippen LogP contribution in [0.5, 0.6) is 5.75 Å². The Bertz CT molecular complexity index is 948. The third-order valence-corrected chi connectivity index (χ3v) is 6.68. The summed E-state index contributed by atoms with van der Waals surface area (Å²) in [6, 6.07) is 13.8. The normalized spacial score (nSPS) is 17.2. The second kappa shape index (κ2) is 11.7. The van der Waals surface area contributed by atoms with Gasteiger partial charge in [-0.3, -0.25) is 9.69 Å². The lowest BCUT2D eigenvalue weighted by atomic mass is 9.89. The lowest BCUT2D eigenvalue weighted by Crippen LogP contribution is -2.58. The molecule has 8 heteroatoms. The monoisotopic (exact) mass is 494 g/mol. The molecule has 2 atom stereocenters. The summed E-state index contributed by atoms with van der Waals surface area (Å²) in [5, 5.41) is 12.9. The topological polar surface area (TPSA) is 78.9 Å². The molecule has 180 valence electrons. The summed E-state index contributed by atoms with van der Waals surface area (Å²) in [6.45, 7) is 7.45. The number of nitrogens with one attached hydrogen (secondary N) is 1. The molecule has 1 amide bonds. The van der Waals surface area contributed by atoms with Crippen molar-refractivity contribution in [2.24, 2.45) is 0 Å². The largest absolute Gasteiger partial charge is 0.489 e. The number of amides is 1. The first kappa shape index (κ1) is 27.0. The van der Waals surface area contributed by atoms with Gasteiger partial charge in [0, 0.05) is 18.1 Å². The second-order valence-electron chi connectivity index (χ2n) is 8.29. The van der Waals surface area contributed by atoms with Crippen molar-refractivity contribution in [3.63, 3.8) is 0 Å². The standard InChI is InChI=1S/C25H31ClN2O4.ClH/c1-4-25(5-2,24(31)27-17(3)18-9-11-19(12-10-18)23(29)30)28-14-13-22(16-28)32-21-8-6-7-20(26)15-21;/h6-12,15,17,22H,4-5,13-14,16H2,1-3H3,(H,27,31)(H,29,30);1H/t17-,22+;/m0./s1. The number of carboxylic acid groups (broad SMARTS) is 1. The highest BCUT2D eigenvalue weighted by molar-refractivity contribution is 6.30. The van der Waals surface area contributed by atoms with Gasteiger partial charge in [0.25, 0.3) is 0 Å².